The van der Waals surface area contributed by atoms with Gasteiger partial charge in [-0.1, -0.05) is 36.4 Å². The van der Waals surface area contributed by atoms with E-state index in [1.165, 1.54) is 0 Å². The highest BCUT2D eigenvalue weighted by Gasteiger charge is 2.10. The molecule has 0 aliphatic rings. The maximum Gasteiger partial charge on any atom is 0.163 e. The van der Waals surface area contributed by atoms with Gasteiger partial charge in [-0.2, -0.15) is 0 Å². The zero-order valence-corrected chi connectivity index (χ0v) is 14.9. The molecule has 1 heterocycles. The number of fused-ring (bicyclic) bond motifs is 3. The lowest BCUT2D eigenvalue weighted by Crippen LogP contribution is -2.13. The lowest BCUT2D eigenvalue weighted by Gasteiger charge is -2.13. The normalized spacial score (nSPS) is 11.1. The van der Waals surface area contributed by atoms with Crippen LogP contribution in [0.3, 0.4) is 0 Å². The molecule has 27 heavy (non-hydrogen) atoms. The second-order valence-electron chi connectivity index (χ2n) is 6.44. The van der Waals surface area contributed by atoms with Gasteiger partial charge in [0, 0.05) is 41.2 Å². The third-order valence-electron chi connectivity index (χ3n) is 4.66. The minimum absolute atomic E-state index is 0.119. The number of aliphatic hydroxyl groups excluding tert-OH is 1. The first-order chi connectivity index (χ1) is 13.3. The molecule has 138 valence electrons. The van der Waals surface area contributed by atoms with E-state index in [1.807, 2.05) is 54.6 Å². The number of anilines is 1. The van der Waals surface area contributed by atoms with Crippen molar-refractivity contribution in [3.05, 3.63) is 66.2 Å². The second-order valence-corrected chi connectivity index (χ2v) is 6.44. The molecule has 0 unspecified atom stereocenters. The Balaban J connectivity index is 1.45. The summed E-state index contributed by atoms with van der Waals surface area (Å²) in [5.41, 5.74) is 4.03. The van der Waals surface area contributed by atoms with Crippen molar-refractivity contribution in [2.45, 2.75) is 6.42 Å². The van der Waals surface area contributed by atoms with E-state index in [0.717, 1.165) is 33.1 Å². The Morgan fingerprint density at radius 2 is 1.74 bits per heavy atom. The molecule has 1 aromatic heterocycles. The number of phenols is 1. The van der Waals surface area contributed by atoms with Crippen molar-refractivity contribution >= 4 is 27.5 Å². The fourth-order valence-corrected chi connectivity index (χ4v) is 3.36. The van der Waals surface area contributed by atoms with Crippen LogP contribution in [0.4, 0.5) is 5.69 Å². The first kappa shape index (κ1) is 17.2. The Morgan fingerprint density at radius 3 is 2.63 bits per heavy atom. The number of hydrogen-bond donors (Lipinski definition) is 4. The monoisotopic (exact) mass is 362 g/mol. The van der Waals surface area contributed by atoms with Crippen molar-refractivity contribution in [2.75, 3.05) is 25.1 Å². The van der Waals surface area contributed by atoms with Crippen LogP contribution >= 0.6 is 0 Å². The van der Waals surface area contributed by atoms with Crippen molar-refractivity contribution in [1.82, 2.24) is 4.98 Å². The summed E-state index contributed by atoms with van der Waals surface area (Å²) in [5, 5.41) is 24.9. The Labute approximate surface area is 157 Å². The number of aromatic nitrogens is 1. The van der Waals surface area contributed by atoms with Crippen molar-refractivity contribution in [3.8, 4) is 11.5 Å². The zero-order chi connectivity index (χ0) is 18.6. The van der Waals surface area contributed by atoms with Gasteiger partial charge in [0.2, 0.25) is 0 Å². The standard InChI is InChI=1S/C22H22N2O3/c25-11-9-15-5-1-3-7-18(15)23-10-12-27-22-14-20-17(13-21(22)26)16-6-2-4-8-19(16)24-20/h1-8,13-14,23-26H,9-12H2. The maximum absolute atomic E-state index is 10.3. The number of nitrogens with one attached hydrogen (secondary N) is 2. The SMILES string of the molecule is OCCc1ccccc1NCCOc1cc2[nH]c3ccccc3c2cc1O. The smallest absolute Gasteiger partial charge is 0.163 e. The van der Waals surface area contributed by atoms with Crippen molar-refractivity contribution in [1.29, 1.82) is 0 Å². The quantitative estimate of drug-likeness (QED) is 0.374. The third kappa shape index (κ3) is 3.55. The molecule has 0 spiro atoms. The Morgan fingerprint density at radius 1 is 0.926 bits per heavy atom. The van der Waals surface area contributed by atoms with E-state index < -0.39 is 0 Å². The van der Waals surface area contributed by atoms with E-state index in [1.54, 1.807) is 6.07 Å². The molecule has 4 N–H and O–H groups in total. The lowest BCUT2D eigenvalue weighted by atomic mass is 10.1. The van der Waals surface area contributed by atoms with Gasteiger partial charge < -0.3 is 25.3 Å². The summed E-state index contributed by atoms with van der Waals surface area (Å²) in [7, 11) is 0. The predicted octanol–water partition coefficient (Wildman–Crippen LogP) is 4.05. The summed E-state index contributed by atoms with van der Waals surface area (Å²) < 4.78 is 5.78. The Hall–Kier alpha value is -3.18. The summed E-state index contributed by atoms with van der Waals surface area (Å²) in [6.45, 7) is 1.12. The molecule has 0 saturated carbocycles. The number of para-hydroxylation sites is 2. The van der Waals surface area contributed by atoms with Crippen LogP contribution < -0.4 is 10.1 Å². The van der Waals surface area contributed by atoms with Crippen LogP contribution in [-0.2, 0) is 6.42 Å². The van der Waals surface area contributed by atoms with Gasteiger partial charge in [-0.3, -0.25) is 0 Å². The maximum atomic E-state index is 10.3. The van der Waals surface area contributed by atoms with Crippen LogP contribution in [0.15, 0.2) is 60.7 Å². The summed E-state index contributed by atoms with van der Waals surface area (Å²) >= 11 is 0. The molecule has 5 nitrogen and oxygen atoms in total. The van der Waals surface area contributed by atoms with Gasteiger partial charge in [-0.15, -0.1) is 0 Å². The molecule has 0 bridgehead atoms. The van der Waals surface area contributed by atoms with E-state index in [4.69, 9.17) is 9.84 Å². The molecular formula is C22H22N2O3. The zero-order valence-electron chi connectivity index (χ0n) is 14.9. The van der Waals surface area contributed by atoms with Crippen molar-refractivity contribution in [2.24, 2.45) is 0 Å². The Bertz CT molecular complexity index is 1070. The highest BCUT2D eigenvalue weighted by atomic mass is 16.5. The van der Waals surface area contributed by atoms with Gasteiger partial charge in [0.1, 0.15) is 6.61 Å². The van der Waals surface area contributed by atoms with Crippen LogP contribution in [-0.4, -0.2) is 35.0 Å². The number of rotatable bonds is 7. The molecule has 4 rings (SSSR count). The highest BCUT2D eigenvalue weighted by molar-refractivity contribution is 6.08. The third-order valence-corrected chi connectivity index (χ3v) is 4.66. The minimum atomic E-state index is 0.119. The average molecular weight is 362 g/mol. The van der Waals surface area contributed by atoms with Crippen molar-refractivity contribution in [3.63, 3.8) is 0 Å². The summed E-state index contributed by atoms with van der Waals surface area (Å²) in [5.74, 6) is 0.590. The van der Waals surface area contributed by atoms with Gasteiger partial charge in [0.25, 0.3) is 0 Å². The fraction of sp³-hybridized carbons (Fsp3) is 0.182. The van der Waals surface area contributed by atoms with Gasteiger partial charge >= 0.3 is 0 Å². The number of H-pyrrole nitrogens is 1. The molecule has 0 aliphatic heterocycles. The molecule has 0 amide bonds. The summed E-state index contributed by atoms with van der Waals surface area (Å²) in [6, 6.07) is 19.5. The molecule has 0 radical (unpaired) electrons. The van der Waals surface area contributed by atoms with E-state index in [2.05, 4.69) is 10.3 Å². The molecule has 0 atom stereocenters. The predicted molar refractivity (Wildman–Crippen MR) is 109 cm³/mol. The highest BCUT2D eigenvalue weighted by Crippen LogP contribution is 2.35. The molecule has 0 fully saturated rings. The second kappa shape index (κ2) is 7.60. The van der Waals surface area contributed by atoms with Gasteiger partial charge in [0.05, 0.1) is 5.52 Å². The fourth-order valence-electron chi connectivity index (χ4n) is 3.36. The number of benzene rings is 3. The molecule has 0 aliphatic carbocycles. The van der Waals surface area contributed by atoms with Gasteiger partial charge in [0.15, 0.2) is 11.5 Å². The van der Waals surface area contributed by atoms with E-state index >= 15 is 0 Å². The number of aromatic amines is 1. The number of phenolic OH excluding ortho intramolecular Hbond substituents is 1. The molecular weight excluding hydrogens is 340 g/mol. The van der Waals surface area contributed by atoms with Crippen LogP contribution in [0.2, 0.25) is 0 Å². The molecule has 4 aromatic rings. The molecule has 5 heteroatoms. The molecule has 0 saturated heterocycles. The summed E-state index contributed by atoms with van der Waals surface area (Å²) in [4.78, 5) is 3.35. The first-order valence-corrected chi connectivity index (χ1v) is 9.05. The summed E-state index contributed by atoms with van der Waals surface area (Å²) in [6.07, 6.45) is 0.613. The van der Waals surface area contributed by atoms with E-state index in [-0.39, 0.29) is 12.4 Å². The Kier molecular flexibility index (Phi) is 4.85. The van der Waals surface area contributed by atoms with Gasteiger partial charge in [-0.05, 0) is 30.2 Å². The van der Waals surface area contributed by atoms with Crippen LogP contribution in [0, 0.1) is 0 Å². The van der Waals surface area contributed by atoms with Crippen LogP contribution in [0.5, 0.6) is 11.5 Å². The van der Waals surface area contributed by atoms with E-state index in [9.17, 15) is 5.11 Å². The van der Waals surface area contributed by atoms with Crippen LogP contribution in [0.25, 0.3) is 21.8 Å². The largest absolute Gasteiger partial charge is 0.504 e. The number of aliphatic hydroxyl groups is 1. The number of aromatic hydroxyl groups is 1. The number of hydrogen-bond acceptors (Lipinski definition) is 4. The first-order valence-electron chi connectivity index (χ1n) is 9.05. The van der Waals surface area contributed by atoms with Gasteiger partial charge in [-0.25, -0.2) is 0 Å². The topological polar surface area (TPSA) is 77.5 Å². The molecule has 3 aromatic carbocycles. The number of ether oxygens (including phenoxy) is 1. The average Bonchev–Trinajstić information content (AvgIpc) is 3.04. The minimum Gasteiger partial charge on any atom is -0.504 e. The van der Waals surface area contributed by atoms with E-state index in [0.29, 0.717) is 25.3 Å². The van der Waals surface area contributed by atoms with Crippen LogP contribution in [0.1, 0.15) is 5.56 Å². The van der Waals surface area contributed by atoms with Crippen molar-refractivity contribution < 1.29 is 14.9 Å². The lowest BCUT2D eigenvalue weighted by molar-refractivity contribution is 0.299.